The van der Waals surface area contributed by atoms with Crippen molar-refractivity contribution < 1.29 is 13.7 Å². The van der Waals surface area contributed by atoms with Gasteiger partial charge >= 0.3 is 0 Å². The number of methoxy groups -OCH3 is 1. The lowest BCUT2D eigenvalue weighted by Crippen LogP contribution is -2.41. The van der Waals surface area contributed by atoms with Crippen molar-refractivity contribution in [3.8, 4) is 5.75 Å². The summed E-state index contributed by atoms with van der Waals surface area (Å²) in [4.78, 5) is 12.7. The minimum absolute atomic E-state index is 0.0132. The highest BCUT2D eigenvalue weighted by Gasteiger charge is 2.40. The summed E-state index contributed by atoms with van der Waals surface area (Å²) >= 11 is 0. The number of hydrogen-bond donors (Lipinski definition) is 0. The smallest absolute Gasteiger partial charge is 0.169 e. The molecule has 2 aliphatic rings. The number of fused-ring (bicyclic) bond motifs is 2. The van der Waals surface area contributed by atoms with Gasteiger partial charge < -0.3 is 4.74 Å². The van der Waals surface area contributed by atoms with Crippen molar-refractivity contribution in [2.75, 3.05) is 7.11 Å². The molecule has 108 valence electrons. The lowest BCUT2D eigenvalue weighted by Gasteiger charge is -2.37. The molecule has 4 heteroatoms. The van der Waals surface area contributed by atoms with Crippen LogP contribution in [-0.4, -0.2) is 27.6 Å². The van der Waals surface area contributed by atoms with Gasteiger partial charge in [0.15, 0.2) is 5.78 Å². The summed E-state index contributed by atoms with van der Waals surface area (Å²) in [5, 5.41) is 0.456. The first-order valence-electron chi connectivity index (χ1n) is 7.27. The summed E-state index contributed by atoms with van der Waals surface area (Å²) < 4.78 is 17.5. The fourth-order valence-corrected chi connectivity index (χ4v) is 5.70. The molecule has 2 unspecified atom stereocenters. The molecule has 1 aromatic rings. The maximum absolute atomic E-state index is 12.7. The van der Waals surface area contributed by atoms with Crippen molar-refractivity contribution in [2.45, 2.75) is 42.6 Å². The first-order valence-corrected chi connectivity index (χ1v) is 8.55. The molecule has 0 N–H and O–H groups in total. The fourth-order valence-electron chi connectivity index (χ4n) is 3.52. The van der Waals surface area contributed by atoms with E-state index in [1.165, 1.54) is 0 Å². The van der Waals surface area contributed by atoms with Gasteiger partial charge in [0.2, 0.25) is 0 Å². The van der Waals surface area contributed by atoms with Gasteiger partial charge in [0.25, 0.3) is 0 Å². The number of benzene rings is 1. The molecule has 0 radical (unpaired) electrons. The van der Waals surface area contributed by atoms with E-state index in [0.29, 0.717) is 11.3 Å². The molecular weight excluding hydrogens is 272 g/mol. The van der Waals surface area contributed by atoms with E-state index in [2.05, 4.69) is 0 Å². The second kappa shape index (κ2) is 5.68. The minimum atomic E-state index is -0.720. The van der Waals surface area contributed by atoms with Crippen molar-refractivity contribution in [2.24, 2.45) is 5.92 Å². The number of carbonyl (C=O) groups excluding carboxylic acids is 1. The van der Waals surface area contributed by atoms with Gasteiger partial charge in [0, 0.05) is 27.2 Å². The van der Waals surface area contributed by atoms with Crippen LogP contribution in [0.15, 0.2) is 24.3 Å². The predicted molar refractivity (Wildman–Crippen MR) is 79.6 cm³/mol. The van der Waals surface area contributed by atoms with Crippen LogP contribution in [0, 0.1) is 5.92 Å². The van der Waals surface area contributed by atoms with Crippen LogP contribution in [-0.2, 0) is 10.8 Å². The van der Waals surface area contributed by atoms with Crippen LogP contribution in [0.2, 0.25) is 0 Å². The molecule has 0 aliphatic carbocycles. The van der Waals surface area contributed by atoms with Crippen molar-refractivity contribution in [3.05, 3.63) is 29.8 Å². The maximum Gasteiger partial charge on any atom is 0.169 e. The number of Topliss-reactive ketones (excluding diaryl/α,β-unsaturated/α-hetero) is 1. The molecule has 1 aromatic carbocycles. The third kappa shape index (κ3) is 2.41. The highest BCUT2D eigenvalue weighted by atomic mass is 32.2. The highest BCUT2D eigenvalue weighted by Crippen LogP contribution is 2.39. The zero-order valence-corrected chi connectivity index (χ0v) is 12.5. The average Bonchev–Trinajstić information content (AvgIpc) is 2.46. The molecule has 2 atom stereocenters. The SMILES string of the molecule is COc1ccccc1C(=O)C1CC2CCCC(C1)S2=O. The third-order valence-corrected chi connectivity index (χ3v) is 6.72. The van der Waals surface area contributed by atoms with Crippen LogP contribution in [0.5, 0.6) is 5.75 Å². The second-order valence-electron chi connectivity index (χ2n) is 5.74. The van der Waals surface area contributed by atoms with Crippen molar-refractivity contribution in [1.82, 2.24) is 0 Å². The van der Waals surface area contributed by atoms with Gasteiger partial charge in [-0.05, 0) is 37.8 Å². The first-order chi connectivity index (χ1) is 9.70. The molecule has 2 saturated heterocycles. The quantitative estimate of drug-likeness (QED) is 0.804. The van der Waals surface area contributed by atoms with Gasteiger partial charge in [0.1, 0.15) is 5.75 Å². The molecule has 0 aromatic heterocycles. The summed E-state index contributed by atoms with van der Waals surface area (Å²) in [6.45, 7) is 0. The van der Waals surface area contributed by atoms with Crippen LogP contribution in [0.1, 0.15) is 42.5 Å². The molecule has 20 heavy (non-hydrogen) atoms. The van der Waals surface area contributed by atoms with E-state index in [1.54, 1.807) is 7.11 Å². The Labute approximate surface area is 122 Å². The Morgan fingerprint density at radius 3 is 2.50 bits per heavy atom. The molecule has 0 spiro atoms. The molecular formula is C16H20O3S. The van der Waals surface area contributed by atoms with E-state index in [1.807, 2.05) is 24.3 Å². The number of ether oxygens (including phenoxy) is 1. The van der Waals surface area contributed by atoms with Crippen LogP contribution < -0.4 is 4.74 Å². The summed E-state index contributed by atoms with van der Waals surface area (Å²) in [7, 11) is 0.874. The Kier molecular flexibility index (Phi) is 3.92. The molecule has 0 amide bonds. The van der Waals surface area contributed by atoms with Crippen molar-refractivity contribution in [3.63, 3.8) is 0 Å². The normalized spacial score (nSPS) is 32.6. The number of rotatable bonds is 3. The lowest BCUT2D eigenvalue weighted by atomic mass is 9.84. The van der Waals surface area contributed by atoms with Crippen LogP contribution in [0.25, 0.3) is 0 Å². The number of hydrogen-bond acceptors (Lipinski definition) is 3. The van der Waals surface area contributed by atoms with E-state index in [9.17, 15) is 9.00 Å². The molecule has 3 rings (SSSR count). The summed E-state index contributed by atoms with van der Waals surface area (Å²) in [6, 6.07) is 7.41. The van der Waals surface area contributed by atoms with Gasteiger partial charge in [-0.2, -0.15) is 0 Å². The Balaban J connectivity index is 1.83. The predicted octanol–water partition coefficient (Wildman–Crippen LogP) is 2.96. The topological polar surface area (TPSA) is 43.4 Å². The van der Waals surface area contributed by atoms with Gasteiger partial charge in [-0.3, -0.25) is 9.00 Å². The monoisotopic (exact) mass is 292 g/mol. The molecule has 2 heterocycles. The van der Waals surface area contributed by atoms with Crippen LogP contribution in [0.4, 0.5) is 0 Å². The van der Waals surface area contributed by atoms with E-state index in [4.69, 9.17) is 4.74 Å². The van der Waals surface area contributed by atoms with Crippen molar-refractivity contribution in [1.29, 1.82) is 0 Å². The Bertz CT molecular complexity index is 524. The summed E-state index contributed by atoms with van der Waals surface area (Å²) in [6.07, 6.45) is 4.74. The minimum Gasteiger partial charge on any atom is -0.496 e. The second-order valence-corrected chi connectivity index (χ2v) is 7.73. The standard InChI is InChI=1S/C16H20O3S/c1-19-15-8-3-2-7-14(15)16(17)11-9-12-5-4-6-13(10-11)20(12)18/h2-3,7-8,11-13H,4-6,9-10H2,1H3. The zero-order valence-electron chi connectivity index (χ0n) is 11.7. The van der Waals surface area contributed by atoms with E-state index < -0.39 is 10.8 Å². The zero-order chi connectivity index (χ0) is 14.1. The van der Waals surface area contributed by atoms with Gasteiger partial charge in [-0.1, -0.05) is 18.6 Å². The van der Waals surface area contributed by atoms with E-state index in [0.717, 1.165) is 32.1 Å². The number of ketones is 1. The molecule has 3 nitrogen and oxygen atoms in total. The van der Waals surface area contributed by atoms with Gasteiger partial charge in [-0.25, -0.2) is 0 Å². The Morgan fingerprint density at radius 1 is 1.20 bits per heavy atom. The molecule has 0 saturated carbocycles. The van der Waals surface area contributed by atoms with Crippen LogP contribution in [0.3, 0.4) is 0 Å². The van der Waals surface area contributed by atoms with Gasteiger partial charge in [-0.15, -0.1) is 0 Å². The number of carbonyl (C=O) groups is 1. The molecule has 2 bridgehead atoms. The number of para-hydroxylation sites is 1. The lowest BCUT2D eigenvalue weighted by molar-refractivity contribution is 0.0892. The molecule has 2 aliphatic heterocycles. The maximum atomic E-state index is 12.7. The van der Waals surface area contributed by atoms with Crippen molar-refractivity contribution >= 4 is 16.6 Å². The van der Waals surface area contributed by atoms with E-state index in [-0.39, 0.29) is 22.2 Å². The summed E-state index contributed by atoms with van der Waals surface area (Å²) in [5.74, 6) is 0.824. The third-order valence-electron chi connectivity index (χ3n) is 4.55. The van der Waals surface area contributed by atoms with Gasteiger partial charge in [0.05, 0.1) is 12.7 Å². The first kappa shape index (κ1) is 13.8. The fraction of sp³-hybridized carbons (Fsp3) is 0.562. The largest absolute Gasteiger partial charge is 0.496 e. The Hall–Kier alpha value is -1.16. The average molecular weight is 292 g/mol. The van der Waals surface area contributed by atoms with E-state index >= 15 is 0 Å². The molecule has 2 fully saturated rings. The highest BCUT2D eigenvalue weighted by molar-refractivity contribution is 7.86. The van der Waals surface area contributed by atoms with Crippen LogP contribution >= 0.6 is 0 Å². The Morgan fingerprint density at radius 2 is 1.85 bits per heavy atom. The summed E-state index contributed by atoms with van der Waals surface area (Å²) in [5.41, 5.74) is 0.672.